The van der Waals surface area contributed by atoms with Gasteiger partial charge >= 0.3 is 0 Å². The molecule has 76 valence electrons. The first-order valence-electron chi connectivity index (χ1n) is 5.23. The summed E-state index contributed by atoms with van der Waals surface area (Å²) >= 11 is 0. The molecule has 0 amide bonds. The van der Waals surface area contributed by atoms with Crippen LogP contribution in [-0.2, 0) is 0 Å². The van der Waals surface area contributed by atoms with Crippen molar-refractivity contribution in [1.29, 1.82) is 0 Å². The molecular formula is C10H25NO. The van der Waals surface area contributed by atoms with Gasteiger partial charge in [-0.15, -0.1) is 0 Å². The Labute approximate surface area is 77.1 Å². The molecule has 0 aromatic carbocycles. The highest BCUT2D eigenvalue weighted by molar-refractivity contribution is 4.36. The van der Waals surface area contributed by atoms with Crippen LogP contribution in [0.5, 0.6) is 0 Å². The highest BCUT2D eigenvalue weighted by Gasteiger charge is 1.90. The number of rotatable bonds is 8. The lowest BCUT2D eigenvalue weighted by Crippen LogP contribution is -2.84. The summed E-state index contributed by atoms with van der Waals surface area (Å²) in [5, 5.41) is 2.46. The molecule has 0 bridgehead atoms. The van der Waals surface area contributed by atoms with Crippen LogP contribution in [-0.4, -0.2) is 18.6 Å². The lowest BCUT2D eigenvalue weighted by molar-refractivity contribution is -0.655. The van der Waals surface area contributed by atoms with E-state index >= 15 is 0 Å². The highest BCUT2D eigenvalue weighted by Crippen LogP contribution is 1.95. The van der Waals surface area contributed by atoms with Gasteiger partial charge in [-0.1, -0.05) is 33.1 Å². The third kappa shape index (κ3) is 12.6. The zero-order valence-electron chi connectivity index (χ0n) is 8.68. The Hall–Kier alpha value is -0.0800. The SMILES string of the molecule is CCCCCC[NH2+]CCCC.[OH-]. The van der Waals surface area contributed by atoms with Gasteiger partial charge in [-0.3, -0.25) is 0 Å². The van der Waals surface area contributed by atoms with Crippen LogP contribution >= 0.6 is 0 Å². The van der Waals surface area contributed by atoms with E-state index in [4.69, 9.17) is 0 Å². The molecule has 0 spiro atoms. The lowest BCUT2D eigenvalue weighted by atomic mass is 10.2. The van der Waals surface area contributed by atoms with Gasteiger partial charge in [-0.25, -0.2) is 0 Å². The molecule has 3 N–H and O–H groups in total. The maximum Gasteiger partial charge on any atom is 0.0755 e. The summed E-state index contributed by atoms with van der Waals surface area (Å²) in [6.45, 7) is 7.20. The Morgan fingerprint density at radius 1 is 0.750 bits per heavy atom. The van der Waals surface area contributed by atoms with Gasteiger partial charge in [0.1, 0.15) is 0 Å². The fraction of sp³-hybridized carbons (Fsp3) is 1.00. The predicted molar refractivity (Wildman–Crippen MR) is 52.6 cm³/mol. The minimum Gasteiger partial charge on any atom is -0.870 e. The van der Waals surface area contributed by atoms with Crippen molar-refractivity contribution in [2.24, 2.45) is 0 Å². The van der Waals surface area contributed by atoms with Crippen LogP contribution in [0.15, 0.2) is 0 Å². The minimum absolute atomic E-state index is 0. The van der Waals surface area contributed by atoms with Gasteiger partial charge in [0.25, 0.3) is 0 Å². The van der Waals surface area contributed by atoms with Crippen molar-refractivity contribution in [2.45, 2.75) is 52.4 Å². The van der Waals surface area contributed by atoms with Crippen molar-refractivity contribution >= 4 is 0 Å². The summed E-state index contributed by atoms with van der Waals surface area (Å²) in [7, 11) is 0. The van der Waals surface area contributed by atoms with Crippen LogP contribution in [0, 0.1) is 0 Å². The van der Waals surface area contributed by atoms with E-state index in [1.54, 1.807) is 0 Å². The maximum absolute atomic E-state index is 2.46. The molecule has 0 fully saturated rings. The standard InChI is InChI=1S/C10H23N.H2O/c1-3-5-7-8-10-11-9-6-4-2;/h11H,3-10H2,1-2H3;1H2. The summed E-state index contributed by atoms with van der Waals surface area (Å²) in [5.41, 5.74) is 0. The molecule has 0 aliphatic carbocycles. The van der Waals surface area contributed by atoms with Crippen LogP contribution in [0.3, 0.4) is 0 Å². The molecule has 0 unspecified atom stereocenters. The normalized spacial score (nSPS) is 9.50. The number of hydrogen-bond donors (Lipinski definition) is 1. The second-order valence-electron chi connectivity index (χ2n) is 3.28. The third-order valence-electron chi connectivity index (χ3n) is 2.02. The fourth-order valence-corrected chi connectivity index (χ4v) is 1.21. The molecule has 2 nitrogen and oxygen atoms in total. The first-order chi connectivity index (χ1) is 5.41. The summed E-state index contributed by atoms with van der Waals surface area (Å²) in [4.78, 5) is 0. The van der Waals surface area contributed by atoms with Gasteiger partial charge in [-0.2, -0.15) is 0 Å². The Morgan fingerprint density at radius 2 is 1.33 bits per heavy atom. The van der Waals surface area contributed by atoms with Crippen molar-refractivity contribution in [3.63, 3.8) is 0 Å². The first-order valence-corrected chi connectivity index (χ1v) is 5.23. The molecule has 0 saturated carbocycles. The average molecular weight is 175 g/mol. The molecule has 0 rings (SSSR count). The van der Waals surface area contributed by atoms with E-state index < -0.39 is 0 Å². The molecule has 0 saturated heterocycles. The van der Waals surface area contributed by atoms with E-state index in [0.29, 0.717) is 0 Å². The average Bonchev–Trinajstić information content (AvgIpc) is 2.03. The van der Waals surface area contributed by atoms with E-state index in [2.05, 4.69) is 19.2 Å². The Kier molecular flexibility index (Phi) is 16.3. The first kappa shape index (κ1) is 14.4. The Morgan fingerprint density at radius 3 is 1.92 bits per heavy atom. The van der Waals surface area contributed by atoms with Crippen LogP contribution in [0.2, 0.25) is 0 Å². The van der Waals surface area contributed by atoms with Crippen LogP contribution in [0.1, 0.15) is 52.4 Å². The molecule has 0 aliphatic rings. The molecule has 0 heterocycles. The quantitative estimate of drug-likeness (QED) is 0.561. The largest absolute Gasteiger partial charge is 0.870 e. The minimum atomic E-state index is 0. The summed E-state index contributed by atoms with van der Waals surface area (Å²) in [6.07, 6.45) is 8.34. The molecule has 0 radical (unpaired) electrons. The van der Waals surface area contributed by atoms with E-state index in [9.17, 15) is 0 Å². The highest BCUT2D eigenvalue weighted by atomic mass is 16.0. The summed E-state index contributed by atoms with van der Waals surface area (Å²) in [6, 6.07) is 0. The van der Waals surface area contributed by atoms with Gasteiger partial charge in [0.15, 0.2) is 0 Å². The van der Waals surface area contributed by atoms with E-state index in [0.717, 1.165) is 0 Å². The van der Waals surface area contributed by atoms with E-state index in [-0.39, 0.29) is 5.48 Å². The predicted octanol–water partition coefficient (Wildman–Crippen LogP) is 1.75. The Balaban J connectivity index is 0. The molecule has 2 heteroatoms. The second kappa shape index (κ2) is 13.5. The second-order valence-corrected chi connectivity index (χ2v) is 3.28. The van der Waals surface area contributed by atoms with Crippen LogP contribution < -0.4 is 5.32 Å². The fourth-order valence-electron chi connectivity index (χ4n) is 1.21. The van der Waals surface area contributed by atoms with Gasteiger partial charge in [0, 0.05) is 0 Å². The molecule has 0 aliphatic heterocycles. The van der Waals surface area contributed by atoms with Crippen molar-refractivity contribution in [3.8, 4) is 0 Å². The third-order valence-corrected chi connectivity index (χ3v) is 2.02. The summed E-state index contributed by atoms with van der Waals surface area (Å²) < 4.78 is 0. The summed E-state index contributed by atoms with van der Waals surface area (Å²) in [5.74, 6) is 0. The van der Waals surface area contributed by atoms with Gasteiger partial charge in [0.05, 0.1) is 13.1 Å². The topological polar surface area (TPSA) is 46.6 Å². The monoisotopic (exact) mass is 175 g/mol. The van der Waals surface area contributed by atoms with Crippen LogP contribution in [0.4, 0.5) is 0 Å². The van der Waals surface area contributed by atoms with Crippen LogP contribution in [0.25, 0.3) is 0 Å². The molecule has 0 aromatic heterocycles. The molecule has 0 atom stereocenters. The van der Waals surface area contributed by atoms with Crippen molar-refractivity contribution in [2.75, 3.05) is 13.1 Å². The number of nitrogens with two attached hydrogens (primary N) is 1. The number of quaternary nitrogens is 1. The van der Waals surface area contributed by atoms with E-state index in [1.807, 2.05) is 0 Å². The maximum atomic E-state index is 2.46. The van der Waals surface area contributed by atoms with Crippen molar-refractivity contribution in [1.82, 2.24) is 0 Å². The van der Waals surface area contributed by atoms with Gasteiger partial charge in [-0.05, 0) is 19.3 Å². The number of unbranched alkanes of at least 4 members (excludes halogenated alkanes) is 4. The molecule has 0 aromatic rings. The molecule has 12 heavy (non-hydrogen) atoms. The Bertz CT molecular complexity index is 58.9. The van der Waals surface area contributed by atoms with E-state index in [1.165, 1.54) is 51.6 Å². The van der Waals surface area contributed by atoms with Crippen molar-refractivity contribution < 1.29 is 10.8 Å². The zero-order chi connectivity index (χ0) is 8.36. The van der Waals surface area contributed by atoms with Gasteiger partial charge < -0.3 is 10.8 Å². The molecular weight excluding hydrogens is 150 g/mol. The lowest BCUT2D eigenvalue weighted by Gasteiger charge is -1.99. The zero-order valence-corrected chi connectivity index (χ0v) is 8.68. The van der Waals surface area contributed by atoms with Crippen molar-refractivity contribution in [3.05, 3.63) is 0 Å². The number of hydrogen-bond acceptors (Lipinski definition) is 1. The smallest absolute Gasteiger partial charge is 0.0755 e. The van der Waals surface area contributed by atoms with Gasteiger partial charge in [0.2, 0.25) is 0 Å².